The van der Waals surface area contributed by atoms with Crippen LogP contribution in [0.3, 0.4) is 0 Å². The normalized spacial score (nSPS) is 10.8. The molecule has 0 bridgehead atoms. The molecule has 32 nitrogen and oxygen atoms in total. The average Bonchev–Trinajstić information content (AvgIpc) is 0.828. The van der Waals surface area contributed by atoms with Crippen molar-refractivity contribution in [2.75, 3.05) is 34.4 Å². The summed E-state index contributed by atoms with van der Waals surface area (Å²) in [5.74, 6) is 13.6. The molecule has 0 spiro atoms. The van der Waals surface area contributed by atoms with Gasteiger partial charge in [0.15, 0.2) is 69.4 Å². The average molecular weight is 1730 g/mol. The van der Waals surface area contributed by atoms with Crippen LogP contribution in [0.15, 0.2) is 157 Å². The number of H-pyrrole nitrogens is 1. The molecular weight excluding hydrogens is 1620 g/mol. The van der Waals surface area contributed by atoms with Gasteiger partial charge in [-0.3, -0.25) is 24.5 Å². The van der Waals surface area contributed by atoms with Crippen molar-refractivity contribution in [2.45, 2.75) is 167 Å². The van der Waals surface area contributed by atoms with Crippen molar-refractivity contribution in [2.24, 2.45) is 7.05 Å². The van der Waals surface area contributed by atoms with E-state index in [1.807, 2.05) is 108 Å². The molecule has 0 aliphatic rings. The number of benzene rings is 1. The molecule has 0 aliphatic carbocycles. The number of aryl methyl sites for hydroxylation is 8. The maximum absolute atomic E-state index is 11.8. The van der Waals surface area contributed by atoms with E-state index in [0.29, 0.717) is 122 Å². The maximum Gasteiger partial charge on any atom is 0.254 e. The summed E-state index contributed by atoms with van der Waals surface area (Å²) in [6.45, 7) is 37.4. The predicted octanol–water partition coefficient (Wildman–Crippen LogP) is 17.2. The lowest BCUT2D eigenvalue weighted by molar-refractivity contribution is 0.466. The van der Waals surface area contributed by atoms with E-state index < -0.39 is 0 Å². The van der Waals surface area contributed by atoms with Crippen LogP contribution in [0.4, 0.5) is 34.9 Å². The van der Waals surface area contributed by atoms with Crippen LogP contribution in [0.25, 0.3) is 11.3 Å². The molecule has 0 amide bonds. The lowest BCUT2D eigenvalue weighted by Gasteiger charge is -2.15. The summed E-state index contributed by atoms with van der Waals surface area (Å²) in [4.78, 5) is 92.0. The molecule has 0 saturated heterocycles. The SMILES string of the molecule is Cc1cc(Oc2cnc(C)nc2N)c(C(C)C)cn1.Cc1ncc(Oc2cc(-c3ccccc3)ncc2C(C)C)c(N)n1.Cc1ncc(Oc2cc(=O)[nH]cc2C(C)C)c(N)n1.Cc1ncc(Oc2cc(=O)n(C)cc2C(C)C)c(N)n1.Cc1ncc(Oc2cc(I)ncc2C(C)C)c(N)n1.Cc1ncc(Oc2ccncc2C(C)C)c(N)n1. The van der Waals surface area contributed by atoms with Gasteiger partial charge < -0.3 is 72.4 Å². The Kier molecular flexibility index (Phi) is 32.5. The van der Waals surface area contributed by atoms with Crippen LogP contribution in [0.2, 0.25) is 0 Å². The minimum atomic E-state index is -0.231. The van der Waals surface area contributed by atoms with Crippen LogP contribution in [0.1, 0.15) is 193 Å². The van der Waals surface area contributed by atoms with Crippen LogP contribution < -0.4 is 73.9 Å². The number of nitrogens with two attached hydrogens (primary N) is 6. The fourth-order valence-corrected chi connectivity index (χ4v) is 11.3. The zero-order valence-corrected chi connectivity index (χ0v) is 72.7. The number of nitrogen functional groups attached to an aromatic ring is 6. The van der Waals surface area contributed by atoms with Crippen LogP contribution in [0, 0.1) is 52.2 Å². The lowest BCUT2D eigenvalue weighted by atomic mass is 10.0. The van der Waals surface area contributed by atoms with E-state index in [4.69, 9.17) is 62.8 Å². The number of pyridine rings is 6. The number of hydrogen-bond donors (Lipinski definition) is 7. The van der Waals surface area contributed by atoms with E-state index in [1.54, 1.807) is 98.2 Å². The minimum Gasteiger partial charge on any atom is -0.451 e. The van der Waals surface area contributed by atoms with Crippen molar-refractivity contribution in [3.63, 3.8) is 0 Å². The van der Waals surface area contributed by atoms with Crippen LogP contribution in [0.5, 0.6) is 69.0 Å². The second-order valence-corrected chi connectivity index (χ2v) is 30.1. The fraction of sp³-hybridized carbons (Fsp3) is 0.302. The highest BCUT2D eigenvalue weighted by Gasteiger charge is 2.20. The molecule has 33 heteroatoms. The largest absolute Gasteiger partial charge is 0.451 e. The first-order valence-corrected chi connectivity index (χ1v) is 39.2. The fourth-order valence-electron chi connectivity index (χ4n) is 10.9. The summed E-state index contributed by atoms with van der Waals surface area (Å²) in [6, 6.07) is 20.4. The third-order valence-electron chi connectivity index (χ3n) is 17.3. The Morgan fingerprint density at radius 2 is 0.672 bits per heavy atom. The summed E-state index contributed by atoms with van der Waals surface area (Å²) < 4.78 is 37.3. The molecule has 13 N–H and O–H groups in total. The molecule has 119 heavy (non-hydrogen) atoms. The Morgan fingerprint density at radius 1 is 0.345 bits per heavy atom. The summed E-state index contributed by atoms with van der Waals surface area (Å²) >= 11 is 2.15. The predicted molar refractivity (Wildman–Crippen MR) is 471 cm³/mol. The number of nitrogens with zero attached hydrogens (tertiary/aromatic N) is 17. The summed E-state index contributed by atoms with van der Waals surface area (Å²) in [6.07, 6.45) is 21.8. The van der Waals surface area contributed by atoms with Gasteiger partial charge in [-0.1, -0.05) is 113 Å². The number of aromatic amines is 1. The summed E-state index contributed by atoms with van der Waals surface area (Å²) in [7, 11) is 1.71. The third kappa shape index (κ3) is 26.5. The quantitative estimate of drug-likeness (QED) is 0.0292. The van der Waals surface area contributed by atoms with Crippen molar-refractivity contribution in [1.82, 2.24) is 89.3 Å². The van der Waals surface area contributed by atoms with E-state index in [1.165, 1.54) is 29.1 Å². The van der Waals surface area contributed by atoms with Crippen LogP contribution in [-0.4, -0.2) is 89.3 Å². The molecule has 12 aromatic heterocycles. The Labute approximate surface area is 705 Å². The Morgan fingerprint density at radius 3 is 1.05 bits per heavy atom. The minimum absolute atomic E-state index is 0.143. The molecule has 0 aliphatic heterocycles. The smallest absolute Gasteiger partial charge is 0.254 e. The summed E-state index contributed by atoms with van der Waals surface area (Å²) in [5, 5.41) is 0. The molecule has 13 aromatic rings. The molecule has 0 saturated carbocycles. The molecule has 13 rings (SSSR count). The van der Waals surface area contributed by atoms with Crippen molar-refractivity contribution < 1.29 is 28.4 Å². The van der Waals surface area contributed by atoms with Crippen molar-refractivity contribution in [3.05, 3.63) is 246 Å². The number of nitrogens with one attached hydrogen (secondary N) is 1. The van der Waals surface area contributed by atoms with E-state index >= 15 is 0 Å². The monoisotopic (exact) mass is 1730 g/mol. The second-order valence-electron chi connectivity index (χ2n) is 29.0. The van der Waals surface area contributed by atoms with Crippen LogP contribution in [-0.2, 0) is 7.05 Å². The van der Waals surface area contributed by atoms with Gasteiger partial charge in [-0.05, 0) is 113 Å². The Bertz CT molecular complexity index is 5630. The number of aromatic nitrogens is 18. The van der Waals surface area contributed by atoms with E-state index in [9.17, 15) is 9.59 Å². The molecule has 0 atom stereocenters. The zero-order valence-electron chi connectivity index (χ0n) is 70.5. The van der Waals surface area contributed by atoms with Crippen molar-refractivity contribution in [3.8, 4) is 80.3 Å². The van der Waals surface area contributed by atoms with Gasteiger partial charge in [0, 0.05) is 125 Å². The first-order chi connectivity index (χ1) is 56.4. The third-order valence-corrected chi connectivity index (χ3v) is 17.9. The van der Waals surface area contributed by atoms with E-state index in [-0.39, 0.29) is 40.5 Å². The number of ether oxygens (including phenoxy) is 6. The standard InChI is InChI=1S/C19H20N4O.C14H18N4O2.C14H18N4O.C13H15IN4O.C13H16N4O2.C13H16N4O/c1-12(2)15-10-22-16(14-7-5-4-6-8-14)9-17(15)24-18-11-21-13(3)23-19(18)20;1-8(2)10-7-18(4)13(19)5-11(10)20-12-6-16-9(3)17-14(12)15;1-8(2)11-6-16-9(3)5-12(11)19-13-7-17-10(4)18-14(13)15;1-7(2)9-5-17-12(14)4-10(9)19-11-6-16-8(3)18-13(11)15;1-7(2)9-5-16-12(18)4-10(9)19-11-6-15-8(3)17-13(11)14;1-8(2)10-6-15-5-4-11(10)18-12-7-16-9(3)17-13(12)14/h4-12H,1-3H3,(H2,20,21,23);5-8H,1-4H3,(H2,15,16,17);5-8H,1-4H3,(H2,15,17,18);4-7H,1-3H3,(H2,15,16,18);4-7H,1-3H3,(H,16,18)(H2,14,15,17);4-8H,1-3H3,(H2,14,16,17). The molecule has 0 unspecified atom stereocenters. The lowest BCUT2D eigenvalue weighted by Crippen LogP contribution is -2.17. The van der Waals surface area contributed by atoms with Crippen molar-refractivity contribution in [1.29, 1.82) is 0 Å². The number of halogens is 1. The van der Waals surface area contributed by atoms with E-state index in [0.717, 1.165) is 77.0 Å². The van der Waals surface area contributed by atoms with Gasteiger partial charge in [0.1, 0.15) is 73.1 Å². The molecule has 0 fully saturated rings. The highest BCUT2D eigenvalue weighted by Crippen LogP contribution is 2.39. The van der Waals surface area contributed by atoms with Gasteiger partial charge in [0.05, 0.1) is 42.9 Å². The molecular formula is C86H103IN24O8. The van der Waals surface area contributed by atoms with Gasteiger partial charge in [-0.2, -0.15) is 0 Å². The van der Waals surface area contributed by atoms with Gasteiger partial charge in [0.25, 0.3) is 11.1 Å². The van der Waals surface area contributed by atoms with E-state index in [2.05, 4.69) is 163 Å². The summed E-state index contributed by atoms with van der Waals surface area (Å²) in [5.41, 5.74) is 43.3. The van der Waals surface area contributed by atoms with Crippen molar-refractivity contribution >= 4 is 57.5 Å². The second kappa shape index (κ2) is 42.4. The van der Waals surface area contributed by atoms with Gasteiger partial charge in [-0.25, -0.2) is 64.8 Å². The first kappa shape index (κ1) is 91.1. The van der Waals surface area contributed by atoms with Crippen LogP contribution >= 0.6 is 22.6 Å². The Hall–Kier alpha value is -13.5. The number of anilines is 6. The highest BCUT2D eigenvalue weighted by molar-refractivity contribution is 14.1. The molecule has 0 radical (unpaired) electrons. The molecule has 12 heterocycles. The number of hydrogen-bond acceptors (Lipinski definition) is 30. The topological polar surface area (TPSA) is 473 Å². The van der Waals surface area contributed by atoms with Gasteiger partial charge in [-0.15, -0.1) is 0 Å². The molecule has 622 valence electrons. The van der Waals surface area contributed by atoms with Gasteiger partial charge in [0.2, 0.25) is 0 Å². The highest BCUT2D eigenvalue weighted by atomic mass is 127. The number of rotatable bonds is 19. The van der Waals surface area contributed by atoms with Gasteiger partial charge >= 0.3 is 0 Å². The zero-order chi connectivity index (χ0) is 87.1. The first-order valence-electron chi connectivity index (χ1n) is 38.1. The molecule has 1 aromatic carbocycles. The maximum atomic E-state index is 11.8. The Balaban J connectivity index is 0.000000178.